The number of aromatic nitrogens is 2. The molecule has 336 valence electrons. The van der Waals surface area contributed by atoms with Gasteiger partial charge in [-0.2, -0.15) is 0 Å². The number of anilines is 4. The molecule has 0 atom stereocenters. The standard InChI is InChI=1S/C62H62N4O/c1-59(2,3)44-23-17-24-48(35-44)65-41-64(54-32-28-47(37-57(54)65)62(9,10)43-21-15-12-16-22-43)49-25-18-26-50(39-49)67-51-29-31-53-52-30-27-46(61(7,8)42-19-13-11-14-20-42)36-55(52)66(56(53)40-51)58-38-45(33-34-63-58)60(4,5)6/h11-40H,41H2,1-10H3. The van der Waals surface area contributed by atoms with Gasteiger partial charge in [-0.05, 0) is 111 Å². The summed E-state index contributed by atoms with van der Waals surface area (Å²) in [5.41, 5.74) is 14.0. The Kier molecular flexibility index (Phi) is 10.7. The van der Waals surface area contributed by atoms with Crippen LogP contribution in [0.25, 0.3) is 27.6 Å². The van der Waals surface area contributed by atoms with Gasteiger partial charge in [-0.15, -0.1) is 0 Å². The Balaban J connectivity index is 1.05. The molecule has 0 fully saturated rings. The molecule has 0 amide bonds. The van der Waals surface area contributed by atoms with Crippen LogP contribution in [0.2, 0.25) is 0 Å². The van der Waals surface area contributed by atoms with Crippen LogP contribution >= 0.6 is 0 Å². The number of hydrogen-bond acceptors (Lipinski definition) is 4. The van der Waals surface area contributed by atoms with Crippen LogP contribution < -0.4 is 14.5 Å². The topological polar surface area (TPSA) is 33.5 Å². The van der Waals surface area contributed by atoms with Gasteiger partial charge in [0.15, 0.2) is 0 Å². The number of nitrogens with zero attached hydrogens (tertiary/aromatic N) is 4. The van der Waals surface area contributed by atoms with Crippen molar-refractivity contribution >= 4 is 44.6 Å². The average Bonchev–Trinajstić information content (AvgIpc) is 3.87. The lowest BCUT2D eigenvalue weighted by atomic mass is 9.78. The SMILES string of the molecule is CC(C)(C)c1cccc(N2CN(c3cccc(Oc4ccc5c6ccc(C(C)(C)c7ccccc7)cc6n(-c6cc(C(C)(C)C)ccn6)c5c4)c3)c3ccc(C(C)(C)c4ccccc4)cc32)c1. The van der Waals surface area contributed by atoms with E-state index in [1.165, 1.54) is 50.1 Å². The lowest BCUT2D eigenvalue weighted by molar-refractivity contribution is 0.483. The fourth-order valence-electron chi connectivity index (χ4n) is 9.83. The summed E-state index contributed by atoms with van der Waals surface area (Å²) in [6.45, 7) is 23.5. The van der Waals surface area contributed by atoms with Crippen LogP contribution in [0.4, 0.5) is 22.7 Å². The van der Waals surface area contributed by atoms with E-state index < -0.39 is 0 Å². The smallest absolute Gasteiger partial charge is 0.137 e. The molecule has 5 nitrogen and oxygen atoms in total. The number of benzene rings is 7. The van der Waals surface area contributed by atoms with Gasteiger partial charge in [-0.25, -0.2) is 4.98 Å². The highest BCUT2D eigenvalue weighted by atomic mass is 16.5. The lowest BCUT2D eigenvalue weighted by Crippen LogP contribution is -2.24. The van der Waals surface area contributed by atoms with Gasteiger partial charge in [0.25, 0.3) is 0 Å². The van der Waals surface area contributed by atoms with E-state index in [0.29, 0.717) is 6.67 Å². The molecular weight excluding hydrogens is 817 g/mol. The number of ether oxygens (including phenoxy) is 1. The summed E-state index contributed by atoms with van der Waals surface area (Å²) in [6.07, 6.45) is 1.95. The molecular formula is C62H62N4O. The summed E-state index contributed by atoms with van der Waals surface area (Å²) in [5, 5.41) is 2.34. The Labute approximate surface area is 397 Å². The van der Waals surface area contributed by atoms with Gasteiger partial charge >= 0.3 is 0 Å². The first-order valence-electron chi connectivity index (χ1n) is 23.7. The van der Waals surface area contributed by atoms with Gasteiger partial charge in [0.05, 0.1) is 22.4 Å². The summed E-state index contributed by atoms with van der Waals surface area (Å²) < 4.78 is 9.20. The third-order valence-electron chi connectivity index (χ3n) is 14.2. The van der Waals surface area contributed by atoms with Crippen molar-refractivity contribution < 1.29 is 4.74 Å². The van der Waals surface area contributed by atoms with Crippen LogP contribution in [0, 0.1) is 0 Å². The Bertz CT molecular complexity index is 3280. The van der Waals surface area contributed by atoms with Gasteiger partial charge in [0, 0.05) is 51.3 Å². The Morgan fingerprint density at radius 2 is 0.925 bits per heavy atom. The number of rotatable bonds is 9. The second-order valence-electron chi connectivity index (χ2n) is 21.5. The number of fused-ring (bicyclic) bond motifs is 4. The van der Waals surface area contributed by atoms with E-state index in [0.717, 1.165) is 45.1 Å². The molecule has 0 spiro atoms. The van der Waals surface area contributed by atoms with Crippen LogP contribution in [0.1, 0.15) is 103 Å². The second kappa shape index (κ2) is 16.3. The Morgan fingerprint density at radius 1 is 0.403 bits per heavy atom. The van der Waals surface area contributed by atoms with E-state index in [4.69, 9.17) is 9.72 Å². The Morgan fingerprint density at radius 3 is 1.58 bits per heavy atom. The maximum atomic E-state index is 6.88. The fraction of sp³-hybridized carbons (Fsp3) is 0.242. The molecule has 1 aliphatic rings. The molecule has 5 heteroatoms. The zero-order valence-electron chi connectivity index (χ0n) is 40.7. The minimum absolute atomic E-state index is 0.0215. The molecule has 0 saturated heterocycles. The highest BCUT2D eigenvalue weighted by Crippen LogP contribution is 2.48. The van der Waals surface area contributed by atoms with E-state index in [1.807, 2.05) is 6.20 Å². The van der Waals surface area contributed by atoms with E-state index in [2.05, 4.69) is 260 Å². The first-order chi connectivity index (χ1) is 32.0. The molecule has 10 rings (SSSR count). The summed E-state index contributed by atoms with van der Waals surface area (Å²) in [4.78, 5) is 9.90. The minimum atomic E-state index is -0.207. The largest absolute Gasteiger partial charge is 0.457 e. The summed E-state index contributed by atoms with van der Waals surface area (Å²) in [6, 6.07) is 64.0. The zero-order valence-corrected chi connectivity index (χ0v) is 40.7. The number of pyridine rings is 1. The molecule has 0 saturated carbocycles. The van der Waals surface area contributed by atoms with Crippen LogP contribution in [0.3, 0.4) is 0 Å². The molecule has 0 bridgehead atoms. The molecule has 67 heavy (non-hydrogen) atoms. The van der Waals surface area contributed by atoms with Crippen molar-refractivity contribution in [3.8, 4) is 17.3 Å². The molecule has 1 aliphatic heterocycles. The molecule has 0 radical (unpaired) electrons. The van der Waals surface area contributed by atoms with Crippen molar-refractivity contribution in [2.45, 2.75) is 90.9 Å². The zero-order chi connectivity index (χ0) is 46.9. The van der Waals surface area contributed by atoms with Crippen LogP contribution in [-0.2, 0) is 21.7 Å². The van der Waals surface area contributed by atoms with Crippen LogP contribution in [0.5, 0.6) is 11.5 Å². The lowest BCUT2D eigenvalue weighted by Gasteiger charge is -2.28. The van der Waals surface area contributed by atoms with Crippen molar-refractivity contribution in [3.63, 3.8) is 0 Å². The van der Waals surface area contributed by atoms with Crippen molar-refractivity contribution in [2.24, 2.45) is 0 Å². The van der Waals surface area contributed by atoms with Gasteiger partial charge in [0.1, 0.15) is 24.0 Å². The van der Waals surface area contributed by atoms with Gasteiger partial charge in [-0.1, -0.05) is 166 Å². The van der Waals surface area contributed by atoms with Crippen molar-refractivity contribution in [1.29, 1.82) is 0 Å². The molecule has 0 unspecified atom stereocenters. The van der Waals surface area contributed by atoms with Gasteiger partial charge < -0.3 is 14.5 Å². The maximum absolute atomic E-state index is 6.88. The molecule has 9 aromatic rings. The molecule has 3 heterocycles. The van der Waals surface area contributed by atoms with E-state index in [1.54, 1.807) is 0 Å². The van der Waals surface area contributed by atoms with Crippen molar-refractivity contribution in [1.82, 2.24) is 9.55 Å². The van der Waals surface area contributed by atoms with E-state index in [-0.39, 0.29) is 21.7 Å². The summed E-state index contributed by atoms with van der Waals surface area (Å²) >= 11 is 0. The fourth-order valence-corrected chi connectivity index (χ4v) is 9.83. The predicted octanol–water partition coefficient (Wildman–Crippen LogP) is 16.5. The highest BCUT2D eigenvalue weighted by Gasteiger charge is 2.33. The highest BCUT2D eigenvalue weighted by molar-refractivity contribution is 6.09. The predicted molar refractivity (Wildman–Crippen MR) is 282 cm³/mol. The normalized spacial score (nSPS) is 13.4. The monoisotopic (exact) mass is 878 g/mol. The van der Waals surface area contributed by atoms with Crippen LogP contribution in [-0.4, -0.2) is 16.2 Å². The van der Waals surface area contributed by atoms with Gasteiger partial charge in [0.2, 0.25) is 0 Å². The first kappa shape index (κ1) is 43.8. The maximum Gasteiger partial charge on any atom is 0.137 e. The summed E-state index contributed by atoms with van der Waals surface area (Å²) in [7, 11) is 0. The van der Waals surface area contributed by atoms with Crippen molar-refractivity contribution in [2.75, 3.05) is 16.5 Å². The van der Waals surface area contributed by atoms with Gasteiger partial charge in [-0.3, -0.25) is 4.57 Å². The van der Waals surface area contributed by atoms with E-state index in [9.17, 15) is 0 Å². The quantitative estimate of drug-likeness (QED) is 0.145. The molecule has 0 aliphatic carbocycles. The second-order valence-corrected chi connectivity index (χ2v) is 21.5. The van der Waals surface area contributed by atoms with E-state index >= 15 is 0 Å². The molecule has 7 aromatic carbocycles. The summed E-state index contributed by atoms with van der Waals surface area (Å²) in [5.74, 6) is 2.43. The third-order valence-corrected chi connectivity index (χ3v) is 14.2. The first-order valence-corrected chi connectivity index (χ1v) is 23.7. The minimum Gasteiger partial charge on any atom is -0.457 e. The van der Waals surface area contributed by atoms with Crippen molar-refractivity contribution in [3.05, 3.63) is 216 Å². The average molecular weight is 879 g/mol. The third kappa shape index (κ3) is 8.05. The molecule has 0 N–H and O–H groups in total. The Hall–Kier alpha value is -7.11. The number of hydrogen-bond donors (Lipinski definition) is 0. The molecule has 2 aromatic heterocycles. The van der Waals surface area contributed by atoms with Crippen LogP contribution in [0.15, 0.2) is 182 Å².